The molecule has 0 fully saturated rings. The van der Waals surface area contributed by atoms with Gasteiger partial charge in [0.15, 0.2) is 0 Å². The van der Waals surface area contributed by atoms with E-state index in [1.54, 1.807) is 0 Å². The van der Waals surface area contributed by atoms with E-state index in [9.17, 15) is 0 Å². The number of aryl methyl sites for hydroxylation is 1. The third-order valence-electron chi connectivity index (χ3n) is 3.38. The van der Waals surface area contributed by atoms with Gasteiger partial charge < -0.3 is 5.32 Å². The van der Waals surface area contributed by atoms with Crippen molar-refractivity contribution in [2.75, 3.05) is 6.54 Å². The predicted octanol–water partition coefficient (Wildman–Crippen LogP) is 4.40. The van der Waals surface area contributed by atoms with Crippen LogP contribution in [0.25, 0.3) is 0 Å². The second-order valence-corrected chi connectivity index (χ2v) is 5.05. The molecule has 1 rings (SSSR count). The highest BCUT2D eigenvalue weighted by molar-refractivity contribution is 5.17. The Morgan fingerprint density at radius 3 is 2.50 bits per heavy atom. The third kappa shape index (κ3) is 5.63. The monoisotopic (exact) mass is 248 g/mol. The van der Waals surface area contributed by atoms with Gasteiger partial charge in [0.1, 0.15) is 0 Å². The fraction of sp³-hybridized carbons (Fsp3) is 0.688. The first-order valence-electron chi connectivity index (χ1n) is 7.43. The quantitative estimate of drug-likeness (QED) is 0.655. The Hall–Kier alpha value is -0.890. The fourth-order valence-corrected chi connectivity index (χ4v) is 2.27. The highest BCUT2D eigenvalue weighted by Gasteiger charge is 2.09. The molecule has 1 aromatic rings. The molecule has 0 amide bonds. The lowest BCUT2D eigenvalue weighted by Gasteiger charge is -2.18. The van der Waals surface area contributed by atoms with Crippen molar-refractivity contribution >= 4 is 0 Å². The summed E-state index contributed by atoms with van der Waals surface area (Å²) < 4.78 is 0. The van der Waals surface area contributed by atoms with E-state index in [-0.39, 0.29) is 0 Å². The summed E-state index contributed by atoms with van der Waals surface area (Å²) in [5.41, 5.74) is 2.43. The van der Waals surface area contributed by atoms with E-state index < -0.39 is 0 Å². The average molecular weight is 248 g/mol. The van der Waals surface area contributed by atoms with Crippen LogP contribution in [0.1, 0.15) is 69.7 Å². The first-order valence-corrected chi connectivity index (χ1v) is 7.43. The second kappa shape index (κ2) is 9.09. The van der Waals surface area contributed by atoms with E-state index >= 15 is 0 Å². The highest BCUT2D eigenvalue weighted by atomic mass is 14.9. The summed E-state index contributed by atoms with van der Waals surface area (Å²) in [6.07, 6.45) is 9.98. The normalized spacial score (nSPS) is 12.6. The van der Waals surface area contributed by atoms with Gasteiger partial charge in [-0.25, -0.2) is 0 Å². The number of unbranched alkanes of at least 4 members (excludes halogenated alkanes) is 4. The van der Waals surface area contributed by atoms with Crippen molar-refractivity contribution in [3.05, 3.63) is 29.6 Å². The summed E-state index contributed by atoms with van der Waals surface area (Å²) in [5.74, 6) is 0. The predicted molar refractivity (Wildman–Crippen MR) is 78.8 cm³/mol. The zero-order valence-electron chi connectivity index (χ0n) is 12.2. The topological polar surface area (TPSA) is 24.9 Å². The number of pyridine rings is 1. The molecule has 0 aliphatic heterocycles. The number of rotatable bonds is 9. The molecule has 0 aliphatic carbocycles. The summed E-state index contributed by atoms with van der Waals surface area (Å²) in [6.45, 7) is 7.50. The smallest absolute Gasteiger partial charge is 0.0372 e. The molecule has 1 unspecified atom stereocenters. The molecule has 0 radical (unpaired) electrons. The Morgan fingerprint density at radius 2 is 1.89 bits per heavy atom. The molecule has 1 aromatic heterocycles. The minimum atomic E-state index is 0.477. The molecule has 0 bridgehead atoms. The van der Waals surface area contributed by atoms with Crippen molar-refractivity contribution in [3.63, 3.8) is 0 Å². The standard InChI is InChI=1S/C16H28N2/c1-4-6-7-8-9-10-16(17-5-2)15-12-11-14(3)18-13-15/h11-13,16-17H,4-10H2,1-3H3. The molecule has 0 aromatic carbocycles. The van der Waals surface area contributed by atoms with Crippen molar-refractivity contribution in [1.82, 2.24) is 10.3 Å². The lowest BCUT2D eigenvalue weighted by molar-refractivity contribution is 0.478. The molecular formula is C16H28N2. The molecule has 18 heavy (non-hydrogen) atoms. The lowest BCUT2D eigenvalue weighted by Crippen LogP contribution is -2.21. The van der Waals surface area contributed by atoms with Crippen molar-refractivity contribution in [2.24, 2.45) is 0 Å². The van der Waals surface area contributed by atoms with E-state index in [0.29, 0.717) is 6.04 Å². The van der Waals surface area contributed by atoms with Gasteiger partial charge in [0, 0.05) is 17.9 Å². The van der Waals surface area contributed by atoms with Crippen molar-refractivity contribution < 1.29 is 0 Å². The van der Waals surface area contributed by atoms with Crippen LogP contribution in [0.15, 0.2) is 18.3 Å². The molecule has 2 heteroatoms. The Kier molecular flexibility index (Phi) is 7.66. The van der Waals surface area contributed by atoms with E-state index in [1.807, 2.05) is 13.1 Å². The molecule has 0 saturated carbocycles. The van der Waals surface area contributed by atoms with Crippen LogP contribution in [0.3, 0.4) is 0 Å². The maximum absolute atomic E-state index is 4.40. The first kappa shape index (κ1) is 15.2. The summed E-state index contributed by atoms with van der Waals surface area (Å²) >= 11 is 0. The minimum absolute atomic E-state index is 0.477. The molecular weight excluding hydrogens is 220 g/mol. The largest absolute Gasteiger partial charge is 0.310 e. The second-order valence-electron chi connectivity index (χ2n) is 5.05. The van der Waals surface area contributed by atoms with Gasteiger partial charge in [0.2, 0.25) is 0 Å². The molecule has 2 nitrogen and oxygen atoms in total. The van der Waals surface area contributed by atoms with Gasteiger partial charge in [0.25, 0.3) is 0 Å². The van der Waals surface area contributed by atoms with E-state index in [2.05, 4.69) is 36.3 Å². The van der Waals surface area contributed by atoms with Crippen LogP contribution in [0.4, 0.5) is 0 Å². The van der Waals surface area contributed by atoms with Crippen LogP contribution in [0, 0.1) is 6.92 Å². The Balaban J connectivity index is 2.41. The first-order chi connectivity index (χ1) is 8.77. The number of hydrogen-bond donors (Lipinski definition) is 1. The van der Waals surface area contributed by atoms with Gasteiger partial charge in [-0.1, -0.05) is 52.0 Å². The number of hydrogen-bond acceptors (Lipinski definition) is 2. The zero-order valence-corrected chi connectivity index (χ0v) is 12.2. The molecule has 102 valence electrons. The van der Waals surface area contributed by atoms with Crippen LogP contribution < -0.4 is 5.32 Å². The molecule has 0 saturated heterocycles. The van der Waals surface area contributed by atoms with Crippen LogP contribution >= 0.6 is 0 Å². The number of aromatic nitrogens is 1. The average Bonchev–Trinajstić information content (AvgIpc) is 2.38. The van der Waals surface area contributed by atoms with Gasteiger partial charge in [0.05, 0.1) is 0 Å². The van der Waals surface area contributed by atoms with E-state index in [0.717, 1.165) is 12.2 Å². The maximum Gasteiger partial charge on any atom is 0.0372 e. The Labute approximate surface area is 112 Å². The zero-order chi connectivity index (χ0) is 13.2. The van der Waals surface area contributed by atoms with E-state index in [1.165, 1.54) is 44.1 Å². The van der Waals surface area contributed by atoms with Crippen LogP contribution in [-0.4, -0.2) is 11.5 Å². The highest BCUT2D eigenvalue weighted by Crippen LogP contribution is 2.19. The van der Waals surface area contributed by atoms with Gasteiger partial charge in [-0.3, -0.25) is 4.98 Å². The summed E-state index contributed by atoms with van der Waals surface area (Å²) in [7, 11) is 0. The van der Waals surface area contributed by atoms with Crippen LogP contribution in [0.2, 0.25) is 0 Å². The van der Waals surface area contributed by atoms with Gasteiger partial charge >= 0.3 is 0 Å². The van der Waals surface area contributed by atoms with Gasteiger partial charge in [-0.15, -0.1) is 0 Å². The summed E-state index contributed by atoms with van der Waals surface area (Å²) in [5, 5.41) is 3.57. The van der Waals surface area contributed by atoms with E-state index in [4.69, 9.17) is 0 Å². The summed E-state index contributed by atoms with van der Waals surface area (Å²) in [4.78, 5) is 4.40. The van der Waals surface area contributed by atoms with Gasteiger partial charge in [-0.2, -0.15) is 0 Å². The molecule has 1 atom stereocenters. The molecule has 1 heterocycles. The SMILES string of the molecule is CCCCCCCC(NCC)c1ccc(C)nc1. The van der Waals surface area contributed by atoms with Crippen LogP contribution in [0.5, 0.6) is 0 Å². The Morgan fingerprint density at radius 1 is 1.11 bits per heavy atom. The number of nitrogens with zero attached hydrogens (tertiary/aromatic N) is 1. The van der Waals surface area contributed by atoms with Crippen molar-refractivity contribution in [3.8, 4) is 0 Å². The molecule has 1 N–H and O–H groups in total. The Bertz CT molecular complexity index is 305. The number of nitrogens with one attached hydrogen (secondary N) is 1. The lowest BCUT2D eigenvalue weighted by atomic mass is 10.0. The van der Waals surface area contributed by atoms with Gasteiger partial charge in [-0.05, 0) is 31.5 Å². The molecule has 0 spiro atoms. The summed E-state index contributed by atoms with van der Waals surface area (Å²) in [6, 6.07) is 4.79. The van der Waals surface area contributed by atoms with Crippen LogP contribution in [-0.2, 0) is 0 Å². The fourth-order valence-electron chi connectivity index (χ4n) is 2.27. The molecule has 0 aliphatic rings. The maximum atomic E-state index is 4.40. The minimum Gasteiger partial charge on any atom is -0.310 e. The van der Waals surface area contributed by atoms with Crippen molar-refractivity contribution in [1.29, 1.82) is 0 Å². The third-order valence-corrected chi connectivity index (χ3v) is 3.38. The van der Waals surface area contributed by atoms with Crippen molar-refractivity contribution in [2.45, 2.75) is 65.3 Å².